The van der Waals surface area contributed by atoms with Gasteiger partial charge in [-0.25, -0.2) is 9.79 Å². The van der Waals surface area contributed by atoms with E-state index in [2.05, 4.69) is 38.1 Å². The summed E-state index contributed by atoms with van der Waals surface area (Å²) >= 11 is 4.79. The standard InChI is InChI=1S/C28H24BrN3O3S/c1-4-14-31-16-19(21-8-6-7-9-22(21)31)15-23-26(33)32-25(18-10-12-20(29)13-11-18)24(27(34)35-5-2)17(3)30-28(32)36-23/h4,6-13,15-16,25H,1,5,14H2,2-3H3/b23-15-/t25-/m1/s1. The molecule has 182 valence electrons. The largest absolute Gasteiger partial charge is 0.463 e. The number of fused-ring (bicyclic) bond motifs is 2. The van der Waals surface area contributed by atoms with Gasteiger partial charge >= 0.3 is 5.97 Å². The molecule has 6 nitrogen and oxygen atoms in total. The Morgan fingerprint density at radius 2 is 1.97 bits per heavy atom. The van der Waals surface area contributed by atoms with Crippen LogP contribution in [0.3, 0.4) is 0 Å². The van der Waals surface area contributed by atoms with Crippen LogP contribution in [0.25, 0.3) is 17.0 Å². The summed E-state index contributed by atoms with van der Waals surface area (Å²) in [5, 5.41) is 1.05. The molecule has 1 aliphatic rings. The number of para-hydroxylation sites is 1. The summed E-state index contributed by atoms with van der Waals surface area (Å²) in [4.78, 5) is 32.1. The minimum atomic E-state index is -0.627. The van der Waals surface area contributed by atoms with Gasteiger partial charge in [-0.2, -0.15) is 0 Å². The van der Waals surface area contributed by atoms with Crippen molar-refractivity contribution in [1.29, 1.82) is 0 Å². The monoisotopic (exact) mass is 561 g/mol. The quantitative estimate of drug-likeness (QED) is 0.253. The fourth-order valence-corrected chi connectivity index (χ4v) is 5.88. The molecule has 0 spiro atoms. The zero-order valence-corrected chi connectivity index (χ0v) is 22.3. The number of nitrogens with zero attached hydrogens (tertiary/aromatic N) is 3. The molecule has 3 heterocycles. The topological polar surface area (TPSA) is 65.6 Å². The number of allylic oxidation sites excluding steroid dienone is 2. The van der Waals surface area contributed by atoms with Crippen LogP contribution in [0.2, 0.25) is 0 Å². The number of thiazole rings is 1. The molecule has 0 radical (unpaired) electrons. The van der Waals surface area contributed by atoms with Gasteiger partial charge in [-0.05, 0) is 43.7 Å². The molecule has 0 amide bonds. The Labute approximate surface area is 220 Å². The molecule has 36 heavy (non-hydrogen) atoms. The summed E-state index contributed by atoms with van der Waals surface area (Å²) in [6.45, 7) is 8.32. The highest BCUT2D eigenvalue weighted by Gasteiger charge is 2.33. The summed E-state index contributed by atoms with van der Waals surface area (Å²) in [7, 11) is 0. The molecule has 0 unspecified atom stereocenters. The summed E-state index contributed by atoms with van der Waals surface area (Å²) in [6.07, 6.45) is 5.79. The zero-order valence-electron chi connectivity index (χ0n) is 19.9. The maximum atomic E-state index is 13.8. The summed E-state index contributed by atoms with van der Waals surface area (Å²) in [5.41, 5.74) is 3.56. The van der Waals surface area contributed by atoms with Crippen molar-refractivity contribution in [2.75, 3.05) is 6.61 Å². The van der Waals surface area contributed by atoms with Crippen LogP contribution in [0, 0.1) is 0 Å². The van der Waals surface area contributed by atoms with E-state index in [-0.39, 0.29) is 12.2 Å². The normalized spacial score (nSPS) is 15.6. The maximum Gasteiger partial charge on any atom is 0.338 e. The average molecular weight is 562 g/mol. The molecular weight excluding hydrogens is 538 g/mol. The van der Waals surface area contributed by atoms with Crippen molar-refractivity contribution >= 4 is 50.2 Å². The van der Waals surface area contributed by atoms with Crippen molar-refractivity contribution < 1.29 is 9.53 Å². The van der Waals surface area contributed by atoms with Crippen molar-refractivity contribution in [1.82, 2.24) is 9.13 Å². The van der Waals surface area contributed by atoms with Crippen molar-refractivity contribution in [3.63, 3.8) is 0 Å². The number of halogens is 1. The van der Waals surface area contributed by atoms with Crippen LogP contribution >= 0.6 is 27.3 Å². The van der Waals surface area contributed by atoms with Crippen LogP contribution in [-0.4, -0.2) is 21.7 Å². The fourth-order valence-electron chi connectivity index (χ4n) is 4.57. The van der Waals surface area contributed by atoms with E-state index < -0.39 is 12.0 Å². The van der Waals surface area contributed by atoms with E-state index in [0.29, 0.717) is 27.1 Å². The van der Waals surface area contributed by atoms with E-state index in [1.54, 1.807) is 18.4 Å². The lowest BCUT2D eigenvalue weighted by atomic mass is 9.96. The first-order chi connectivity index (χ1) is 17.4. The molecule has 8 heteroatoms. The predicted molar refractivity (Wildman–Crippen MR) is 147 cm³/mol. The first-order valence-corrected chi connectivity index (χ1v) is 13.2. The van der Waals surface area contributed by atoms with Gasteiger partial charge in [-0.15, -0.1) is 6.58 Å². The lowest BCUT2D eigenvalue weighted by Crippen LogP contribution is -2.39. The van der Waals surface area contributed by atoms with Crippen molar-refractivity contribution in [2.24, 2.45) is 4.99 Å². The van der Waals surface area contributed by atoms with Crippen LogP contribution in [0.5, 0.6) is 0 Å². The van der Waals surface area contributed by atoms with Gasteiger partial charge in [0.25, 0.3) is 5.56 Å². The number of carbonyl (C=O) groups is 1. The highest BCUT2D eigenvalue weighted by Crippen LogP contribution is 2.31. The van der Waals surface area contributed by atoms with E-state index in [0.717, 1.165) is 26.5 Å². The lowest BCUT2D eigenvalue weighted by molar-refractivity contribution is -0.139. The Hall–Kier alpha value is -3.49. The lowest BCUT2D eigenvalue weighted by Gasteiger charge is -2.24. The number of aromatic nitrogens is 2. The average Bonchev–Trinajstić information content (AvgIpc) is 3.36. The maximum absolute atomic E-state index is 13.8. The van der Waals surface area contributed by atoms with Gasteiger partial charge in [0.2, 0.25) is 0 Å². The molecule has 1 aliphatic heterocycles. The highest BCUT2D eigenvalue weighted by atomic mass is 79.9. The molecule has 1 atom stereocenters. The molecule has 4 aromatic rings. The Morgan fingerprint density at radius 3 is 2.69 bits per heavy atom. The van der Waals surface area contributed by atoms with Gasteiger partial charge in [0.15, 0.2) is 4.80 Å². The second-order valence-corrected chi connectivity index (χ2v) is 10.3. The van der Waals surface area contributed by atoms with Gasteiger partial charge in [-0.3, -0.25) is 9.36 Å². The van der Waals surface area contributed by atoms with E-state index in [1.807, 2.05) is 60.8 Å². The van der Waals surface area contributed by atoms with E-state index in [9.17, 15) is 9.59 Å². The number of esters is 1. The number of rotatable bonds is 6. The van der Waals surface area contributed by atoms with Gasteiger partial charge < -0.3 is 9.30 Å². The molecule has 2 aromatic heterocycles. The van der Waals surface area contributed by atoms with E-state index in [1.165, 1.54) is 11.3 Å². The molecule has 0 aliphatic carbocycles. The first-order valence-electron chi connectivity index (χ1n) is 11.6. The van der Waals surface area contributed by atoms with Crippen molar-refractivity contribution in [3.8, 4) is 0 Å². The Balaban J connectivity index is 1.74. The summed E-state index contributed by atoms with van der Waals surface area (Å²) < 4.78 is 10.5. The molecule has 0 saturated heterocycles. The SMILES string of the molecule is C=CCn1cc(/C=c2\sc3n(c2=O)[C@H](c2ccc(Br)cc2)C(C(=O)OCC)=C(C)N=3)c2ccccc21. The number of benzene rings is 2. The van der Waals surface area contributed by atoms with Gasteiger partial charge in [0.1, 0.15) is 0 Å². The minimum Gasteiger partial charge on any atom is -0.463 e. The molecule has 2 aromatic carbocycles. The Bertz CT molecular complexity index is 1710. The fraction of sp³-hybridized carbons (Fsp3) is 0.179. The summed E-state index contributed by atoms with van der Waals surface area (Å²) in [5.74, 6) is -0.464. The third-order valence-corrected chi connectivity index (χ3v) is 7.65. The van der Waals surface area contributed by atoms with Gasteiger partial charge in [0.05, 0.1) is 28.5 Å². The first kappa shape index (κ1) is 24.2. The van der Waals surface area contributed by atoms with Crippen LogP contribution in [-0.2, 0) is 16.1 Å². The second kappa shape index (κ2) is 9.87. The predicted octanol–water partition coefficient (Wildman–Crippen LogP) is 4.70. The zero-order chi connectivity index (χ0) is 25.4. The number of hydrogen-bond acceptors (Lipinski definition) is 5. The van der Waals surface area contributed by atoms with Gasteiger partial charge in [-0.1, -0.05) is 63.7 Å². The van der Waals surface area contributed by atoms with Crippen LogP contribution in [0.15, 0.2) is 92.9 Å². The molecule has 0 fully saturated rings. The summed E-state index contributed by atoms with van der Waals surface area (Å²) in [6, 6.07) is 15.1. The number of hydrogen-bond donors (Lipinski definition) is 0. The molecule has 0 N–H and O–H groups in total. The number of ether oxygens (including phenoxy) is 1. The molecule has 0 saturated carbocycles. The highest BCUT2D eigenvalue weighted by molar-refractivity contribution is 9.10. The van der Waals surface area contributed by atoms with Crippen LogP contribution in [0.1, 0.15) is 31.0 Å². The smallest absolute Gasteiger partial charge is 0.338 e. The molecular formula is C28H24BrN3O3S. The third kappa shape index (κ3) is 4.20. The van der Waals surface area contributed by atoms with Crippen LogP contribution in [0.4, 0.5) is 0 Å². The van der Waals surface area contributed by atoms with Crippen molar-refractivity contribution in [2.45, 2.75) is 26.4 Å². The van der Waals surface area contributed by atoms with Gasteiger partial charge in [0, 0.05) is 33.7 Å². The van der Waals surface area contributed by atoms with E-state index in [4.69, 9.17) is 4.74 Å². The minimum absolute atomic E-state index is 0.193. The molecule has 5 rings (SSSR count). The second-order valence-electron chi connectivity index (χ2n) is 8.40. The van der Waals surface area contributed by atoms with Crippen LogP contribution < -0.4 is 14.9 Å². The third-order valence-electron chi connectivity index (χ3n) is 6.13. The molecule has 0 bridgehead atoms. The Morgan fingerprint density at radius 1 is 1.22 bits per heavy atom. The Kier molecular flexibility index (Phi) is 6.64. The van der Waals surface area contributed by atoms with E-state index >= 15 is 0 Å². The number of carbonyl (C=O) groups excluding carboxylic acids is 1. The van der Waals surface area contributed by atoms with Crippen molar-refractivity contribution in [3.05, 3.63) is 114 Å².